The summed E-state index contributed by atoms with van der Waals surface area (Å²) in [4.78, 5) is 26.3. The first-order chi connectivity index (χ1) is 12.3. The maximum absolute atomic E-state index is 12.9. The van der Waals surface area contributed by atoms with Crippen molar-refractivity contribution in [3.05, 3.63) is 65.2 Å². The number of carbonyl (C=O) groups excluding carboxylic acids is 2. The molecule has 0 aliphatic carbocycles. The minimum atomic E-state index is -2.99. The smallest absolute Gasteiger partial charge is 0.387 e. The van der Waals surface area contributed by atoms with Crippen LogP contribution in [0, 0.1) is 6.92 Å². The molecular formula is C19H18F2N2O3. The number of hydrogen-bond donors (Lipinski definition) is 1. The van der Waals surface area contributed by atoms with E-state index in [2.05, 4.69) is 10.1 Å². The SMILES string of the molecule is Cc1ccc(C2(C)NC(=O)N(Cc3ccccc3OC(F)F)C2=O)cc1. The average Bonchev–Trinajstić information content (AvgIpc) is 2.81. The highest BCUT2D eigenvalue weighted by molar-refractivity contribution is 6.07. The number of amides is 3. The number of carbonyl (C=O) groups is 2. The van der Waals surface area contributed by atoms with Crippen LogP contribution in [0.3, 0.4) is 0 Å². The molecule has 1 unspecified atom stereocenters. The van der Waals surface area contributed by atoms with Gasteiger partial charge in [0.15, 0.2) is 0 Å². The van der Waals surface area contributed by atoms with Crippen molar-refractivity contribution in [1.29, 1.82) is 0 Å². The molecule has 7 heteroatoms. The van der Waals surface area contributed by atoms with E-state index in [0.29, 0.717) is 11.1 Å². The molecule has 1 fully saturated rings. The fraction of sp³-hybridized carbons (Fsp3) is 0.263. The Bertz CT molecular complexity index is 839. The predicted octanol–water partition coefficient (Wildman–Crippen LogP) is 3.56. The van der Waals surface area contributed by atoms with Gasteiger partial charge in [-0.2, -0.15) is 8.78 Å². The molecule has 1 aliphatic rings. The van der Waals surface area contributed by atoms with Crippen LogP contribution >= 0.6 is 0 Å². The molecule has 0 bridgehead atoms. The third-order valence-electron chi connectivity index (χ3n) is 4.42. The van der Waals surface area contributed by atoms with Crippen molar-refractivity contribution in [3.63, 3.8) is 0 Å². The number of benzene rings is 2. The normalized spacial score (nSPS) is 19.8. The Balaban J connectivity index is 1.88. The van der Waals surface area contributed by atoms with E-state index in [1.54, 1.807) is 37.3 Å². The number of hydrogen-bond acceptors (Lipinski definition) is 3. The molecule has 1 atom stereocenters. The third kappa shape index (κ3) is 3.24. The Kier molecular flexibility index (Phi) is 4.63. The maximum atomic E-state index is 12.9. The number of ether oxygens (including phenoxy) is 1. The van der Waals surface area contributed by atoms with Crippen LogP contribution in [0.25, 0.3) is 0 Å². The van der Waals surface area contributed by atoms with Crippen LogP contribution in [-0.2, 0) is 16.9 Å². The molecule has 5 nitrogen and oxygen atoms in total. The van der Waals surface area contributed by atoms with Crippen LogP contribution in [-0.4, -0.2) is 23.4 Å². The highest BCUT2D eigenvalue weighted by Crippen LogP contribution is 2.31. The van der Waals surface area contributed by atoms with Gasteiger partial charge in [0.1, 0.15) is 11.3 Å². The van der Waals surface area contributed by atoms with Crippen molar-refractivity contribution < 1.29 is 23.1 Å². The second kappa shape index (κ2) is 6.74. The topological polar surface area (TPSA) is 58.6 Å². The van der Waals surface area contributed by atoms with Gasteiger partial charge in [-0.25, -0.2) is 4.79 Å². The van der Waals surface area contributed by atoms with Gasteiger partial charge in [0.2, 0.25) is 0 Å². The Morgan fingerprint density at radius 1 is 1.12 bits per heavy atom. The summed E-state index contributed by atoms with van der Waals surface area (Å²) in [5, 5.41) is 2.69. The number of imide groups is 1. The summed E-state index contributed by atoms with van der Waals surface area (Å²) in [6.07, 6.45) is 0. The summed E-state index contributed by atoms with van der Waals surface area (Å²) >= 11 is 0. The van der Waals surface area contributed by atoms with Crippen molar-refractivity contribution in [2.45, 2.75) is 32.5 Å². The first-order valence-corrected chi connectivity index (χ1v) is 8.05. The van der Waals surface area contributed by atoms with Gasteiger partial charge in [0.25, 0.3) is 5.91 Å². The molecule has 1 heterocycles. The van der Waals surface area contributed by atoms with Crippen LogP contribution in [0.4, 0.5) is 13.6 Å². The first-order valence-electron chi connectivity index (χ1n) is 8.05. The van der Waals surface area contributed by atoms with Crippen LogP contribution in [0.15, 0.2) is 48.5 Å². The fourth-order valence-corrected chi connectivity index (χ4v) is 2.94. The zero-order valence-electron chi connectivity index (χ0n) is 14.3. The monoisotopic (exact) mass is 360 g/mol. The molecule has 3 amide bonds. The maximum Gasteiger partial charge on any atom is 0.387 e. The molecule has 1 N–H and O–H groups in total. The molecule has 2 aromatic carbocycles. The minimum absolute atomic E-state index is 0.0629. The van der Waals surface area contributed by atoms with E-state index in [0.717, 1.165) is 10.5 Å². The van der Waals surface area contributed by atoms with Gasteiger partial charge < -0.3 is 10.1 Å². The summed E-state index contributed by atoms with van der Waals surface area (Å²) in [6, 6.07) is 12.8. The van der Waals surface area contributed by atoms with Gasteiger partial charge >= 0.3 is 12.6 Å². The Labute approximate surface area is 149 Å². The zero-order valence-corrected chi connectivity index (χ0v) is 14.3. The number of urea groups is 1. The van der Waals surface area contributed by atoms with Gasteiger partial charge in [-0.1, -0.05) is 48.0 Å². The highest BCUT2D eigenvalue weighted by Gasteiger charge is 2.49. The molecule has 1 saturated heterocycles. The number of para-hydroxylation sites is 1. The predicted molar refractivity (Wildman–Crippen MR) is 90.7 cm³/mol. The molecule has 26 heavy (non-hydrogen) atoms. The van der Waals surface area contributed by atoms with E-state index in [1.807, 2.05) is 19.1 Å². The third-order valence-corrected chi connectivity index (χ3v) is 4.42. The van der Waals surface area contributed by atoms with E-state index in [-0.39, 0.29) is 12.3 Å². The van der Waals surface area contributed by atoms with Gasteiger partial charge in [-0.15, -0.1) is 0 Å². The lowest BCUT2D eigenvalue weighted by Crippen LogP contribution is -2.40. The van der Waals surface area contributed by atoms with Gasteiger partial charge in [0, 0.05) is 5.56 Å². The lowest BCUT2D eigenvalue weighted by atomic mass is 9.91. The molecule has 2 aromatic rings. The van der Waals surface area contributed by atoms with Crippen LogP contribution in [0.2, 0.25) is 0 Å². The van der Waals surface area contributed by atoms with E-state index in [9.17, 15) is 18.4 Å². The number of nitrogens with one attached hydrogen (secondary N) is 1. The second-order valence-corrected chi connectivity index (χ2v) is 6.30. The van der Waals surface area contributed by atoms with Crippen LogP contribution in [0.5, 0.6) is 5.75 Å². The van der Waals surface area contributed by atoms with Crippen molar-refractivity contribution in [1.82, 2.24) is 10.2 Å². The van der Waals surface area contributed by atoms with Crippen molar-refractivity contribution >= 4 is 11.9 Å². The Morgan fingerprint density at radius 2 is 1.77 bits per heavy atom. The summed E-state index contributed by atoms with van der Waals surface area (Å²) in [7, 11) is 0. The van der Waals surface area contributed by atoms with Crippen LogP contribution in [0.1, 0.15) is 23.6 Å². The fourth-order valence-electron chi connectivity index (χ4n) is 2.94. The van der Waals surface area contributed by atoms with E-state index in [4.69, 9.17) is 0 Å². The molecular weight excluding hydrogens is 342 g/mol. The number of nitrogens with zero attached hydrogens (tertiary/aromatic N) is 1. The molecule has 0 aromatic heterocycles. The first kappa shape index (κ1) is 17.8. The van der Waals surface area contributed by atoms with Gasteiger partial charge in [0.05, 0.1) is 6.54 Å². The number of alkyl halides is 2. The Hall–Kier alpha value is -2.96. The summed E-state index contributed by atoms with van der Waals surface area (Å²) in [5.41, 5.74) is 0.804. The molecule has 0 spiro atoms. The van der Waals surface area contributed by atoms with Crippen molar-refractivity contribution in [3.8, 4) is 5.75 Å². The molecule has 0 radical (unpaired) electrons. The molecule has 136 valence electrons. The van der Waals surface area contributed by atoms with Gasteiger partial charge in [-0.3, -0.25) is 9.69 Å². The quantitative estimate of drug-likeness (QED) is 0.830. The lowest BCUT2D eigenvalue weighted by molar-refractivity contribution is -0.131. The molecule has 0 saturated carbocycles. The summed E-state index contributed by atoms with van der Waals surface area (Å²) < 4.78 is 29.6. The zero-order chi connectivity index (χ0) is 18.9. The lowest BCUT2D eigenvalue weighted by Gasteiger charge is -2.22. The summed E-state index contributed by atoms with van der Waals surface area (Å²) in [5.74, 6) is -0.509. The number of rotatable bonds is 5. The summed E-state index contributed by atoms with van der Waals surface area (Å²) in [6.45, 7) is 0.402. The number of halogens is 2. The highest BCUT2D eigenvalue weighted by atomic mass is 19.3. The van der Waals surface area contributed by atoms with E-state index in [1.165, 1.54) is 6.07 Å². The van der Waals surface area contributed by atoms with E-state index < -0.39 is 24.1 Å². The Morgan fingerprint density at radius 3 is 2.42 bits per heavy atom. The second-order valence-electron chi connectivity index (χ2n) is 6.30. The minimum Gasteiger partial charge on any atom is -0.434 e. The van der Waals surface area contributed by atoms with Crippen LogP contribution < -0.4 is 10.1 Å². The molecule has 1 aliphatic heterocycles. The van der Waals surface area contributed by atoms with Crippen molar-refractivity contribution in [2.75, 3.05) is 0 Å². The largest absolute Gasteiger partial charge is 0.434 e. The number of aryl methyl sites for hydroxylation is 1. The molecule has 3 rings (SSSR count). The van der Waals surface area contributed by atoms with E-state index >= 15 is 0 Å². The average molecular weight is 360 g/mol. The van der Waals surface area contributed by atoms with Crippen molar-refractivity contribution in [2.24, 2.45) is 0 Å². The standard InChI is InChI=1S/C19H18F2N2O3/c1-12-7-9-14(10-8-12)19(2)16(24)23(18(25)22-19)11-13-5-3-4-6-15(13)26-17(20)21/h3-10,17H,11H2,1-2H3,(H,22,25). The van der Waals surface area contributed by atoms with Gasteiger partial charge in [-0.05, 0) is 25.5 Å².